The Balaban J connectivity index is 2.11. The summed E-state index contributed by atoms with van der Waals surface area (Å²) < 4.78 is 5.15. The molecule has 0 spiro atoms. The molecule has 2 aromatic rings. The first-order valence-corrected chi connectivity index (χ1v) is 10.5. The highest BCUT2D eigenvalue weighted by Crippen LogP contribution is 2.40. The van der Waals surface area contributed by atoms with Crippen LogP contribution in [0.5, 0.6) is 5.75 Å². The Hall–Kier alpha value is -2.54. The molecule has 3 rings (SSSR count). The van der Waals surface area contributed by atoms with Crippen LogP contribution in [0.2, 0.25) is 10.0 Å². The summed E-state index contributed by atoms with van der Waals surface area (Å²) in [7, 11) is 5.37. The van der Waals surface area contributed by atoms with Gasteiger partial charge in [0.25, 0.3) is 11.7 Å². The van der Waals surface area contributed by atoms with Gasteiger partial charge in [-0.25, -0.2) is 0 Å². The second-order valence-corrected chi connectivity index (χ2v) is 8.40. The third kappa shape index (κ3) is 4.87. The van der Waals surface area contributed by atoms with E-state index < -0.39 is 17.7 Å². The molecular weight excluding hydrogens is 439 g/mol. The molecule has 2 aromatic carbocycles. The van der Waals surface area contributed by atoms with E-state index in [1.165, 1.54) is 18.1 Å². The number of ether oxygens (including phenoxy) is 1. The van der Waals surface area contributed by atoms with Crippen molar-refractivity contribution < 1.29 is 19.4 Å². The number of Topliss-reactive ketones (excluding diaryl/α,β-unsaturated/α-hetero) is 1. The third-order valence-electron chi connectivity index (χ3n) is 5.13. The predicted octanol–water partition coefficient (Wildman–Crippen LogP) is 4.38. The SMILES string of the molecule is COc1ccc(/C(O)=C2\C(=O)C(=O)N(CCCN(C)C)C2c2cccc(Cl)c2)cc1Cl. The Kier molecular flexibility index (Phi) is 7.26. The molecule has 0 bridgehead atoms. The number of hydrogen-bond donors (Lipinski definition) is 1. The maximum Gasteiger partial charge on any atom is 0.295 e. The molecule has 8 heteroatoms. The molecule has 6 nitrogen and oxygen atoms in total. The molecule has 1 fully saturated rings. The molecule has 1 aliphatic heterocycles. The van der Waals surface area contributed by atoms with Gasteiger partial charge in [-0.05, 0) is 63.0 Å². The van der Waals surface area contributed by atoms with Gasteiger partial charge in [-0.2, -0.15) is 0 Å². The summed E-state index contributed by atoms with van der Waals surface area (Å²) in [6.45, 7) is 1.11. The Morgan fingerprint density at radius 1 is 1.16 bits per heavy atom. The second-order valence-electron chi connectivity index (χ2n) is 7.55. The number of aliphatic hydroxyl groups excluding tert-OH is 1. The first-order valence-electron chi connectivity index (χ1n) is 9.77. The molecule has 1 heterocycles. The summed E-state index contributed by atoms with van der Waals surface area (Å²) in [5, 5.41) is 11.8. The van der Waals surface area contributed by atoms with Crippen molar-refractivity contribution in [2.45, 2.75) is 12.5 Å². The average molecular weight is 463 g/mol. The molecule has 1 amide bonds. The van der Waals surface area contributed by atoms with Crippen LogP contribution in [0.25, 0.3) is 5.76 Å². The van der Waals surface area contributed by atoms with E-state index in [0.29, 0.717) is 34.9 Å². The van der Waals surface area contributed by atoms with Crippen molar-refractivity contribution in [2.75, 3.05) is 34.3 Å². The summed E-state index contributed by atoms with van der Waals surface area (Å²) in [4.78, 5) is 29.4. The van der Waals surface area contributed by atoms with Crippen LogP contribution in [-0.2, 0) is 9.59 Å². The minimum Gasteiger partial charge on any atom is -0.507 e. The number of nitrogens with zero attached hydrogens (tertiary/aromatic N) is 2. The van der Waals surface area contributed by atoms with Gasteiger partial charge in [0, 0.05) is 17.1 Å². The largest absolute Gasteiger partial charge is 0.507 e. The lowest BCUT2D eigenvalue weighted by molar-refractivity contribution is -0.139. The van der Waals surface area contributed by atoms with Crippen molar-refractivity contribution in [3.8, 4) is 5.75 Å². The van der Waals surface area contributed by atoms with Crippen LogP contribution in [0, 0.1) is 0 Å². The van der Waals surface area contributed by atoms with Gasteiger partial charge in [0.1, 0.15) is 11.5 Å². The van der Waals surface area contributed by atoms with Crippen LogP contribution in [0.4, 0.5) is 0 Å². The highest BCUT2D eigenvalue weighted by atomic mass is 35.5. The lowest BCUT2D eigenvalue weighted by atomic mass is 9.95. The van der Waals surface area contributed by atoms with Gasteiger partial charge in [-0.3, -0.25) is 9.59 Å². The fourth-order valence-corrected chi connectivity index (χ4v) is 4.12. The van der Waals surface area contributed by atoms with Crippen LogP contribution < -0.4 is 4.74 Å². The molecular formula is C23H24Cl2N2O4. The molecule has 1 atom stereocenters. The van der Waals surface area contributed by atoms with Crippen LogP contribution in [0.15, 0.2) is 48.0 Å². The van der Waals surface area contributed by atoms with Gasteiger partial charge in [0.2, 0.25) is 0 Å². The molecule has 0 aromatic heterocycles. The average Bonchev–Trinajstić information content (AvgIpc) is 2.98. The van der Waals surface area contributed by atoms with E-state index in [-0.39, 0.29) is 16.4 Å². The number of ketones is 1. The zero-order valence-corrected chi connectivity index (χ0v) is 19.1. The Bertz CT molecular complexity index is 1040. The topological polar surface area (TPSA) is 70.1 Å². The van der Waals surface area contributed by atoms with Gasteiger partial charge in [0.05, 0.1) is 23.7 Å². The molecule has 1 saturated heterocycles. The zero-order chi connectivity index (χ0) is 22.7. The van der Waals surface area contributed by atoms with E-state index in [2.05, 4.69) is 0 Å². The third-order valence-corrected chi connectivity index (χ3v) is 5.66. The summed E-state index contributed by atoms with van der Waals surface area (Å²) in [5.41, 5.74) is 0.986. The van der Waals surface area contributed by atoms with E-state index in [9.17, 15) is 14.7 Å². The quantitative estimate of drug-likeness (QED) is 0.375. The molecule has 0 saturated carbocycles. The van der Waals surface area contributed by atoms with Gasteiger partial charge in [-0.15, -0.1) is 0 Å². The van der Waals surface area contributed by atoms with Crippen molar-refractivity contribution in [1.82, 2.24) is 9.80 Å². The number of benzene rings is 2. The van der Waals surface area contributed by atoms with Crippen molar-refractivity contribution in [1.29, 1.82) is 0 Å². The van der Waals surface area contributed by atoms with Crippen LogP contribution in [0.3, 0.4) is 0 Å². The Labute approximate surface area is 191 Å². The Morgan fingerprint density at radius 3 is 2.52 bits per heavy atom. The number of rotatable bonds is 7. The number of aliphatic hydroxyl groups is 1. The van der Waals surface area contributed by atoms with E-state index in [0.717, 1.165) is 6.54 Å². The molecule has 1 unspecified atom stereocenters. The van der Waals surface area contributed by atoms with E-state index >= 15 is 0 Å². The van der Waals surface area contributed by atoms with Crippen molar-refractivity contribution in [3.63, 3.8) is 0 Å². The number of carbonyl (C=O) groups excluding carboxylic acids is 2. The van der Waals surface area contributed by atoms with Crippen molar-refractivity contribution in [2.24, 2.45) is 0 Å². The lowest BCUT2D eigenvalue weighted by Gasteiger charge is -2.26. The van der Waals surface area contributed by atoms with Crippen molar-refractivity contribution in [3.05, 3.63) is 69.2 Å². The molecule has 31 heavy (non-hydrogen) atoms. The van der Waals surface area contributed by atoms with Gasteiger partial charge >= 0.3 is 0 Å². The Morgan fingerprint density at radius 2 is 1.90 bits per heavy atom. The predicted molar refractivity (Wildman–Crippen MR) is 122 cm³/mol. The highest BCUT2D eigenvalue weighted by molar-refractivity contribution is 6.46. The van der Waals surface area contributed by atoms with E-state index in [1.807, 2.05) is 19.0 Å². The number of hydrogen-bond acceptors (Lipinski definition) is 5. The van der Waals surface area contributed by atoms with Gasteiger partial charge in [0.15, 0.2) is 0 Å². The van der Waals surface area contributed by atoms with Crippen LogP contribution >= 0.6 is 23.2 Å². The normalized spacial score (nSPS) is 18.1. The minimum atomic E-state index is -0.748. The molecule has 0 radical (unpaired) electrons. The number of amides is 1. The molecule has 164 valence electrons. The van der Waals surface area contributed by atoms with E-state index in [4.69, 9.17) is 27.9 Å². The smallest absolute Gasteiger partial charge is 0.295 e. The maximum atomic E-state index is 13.0. The fourth-order valence-electron chi connectivity index (χ4n) is 3.66. The first-order chi connectivity index (χ1) is 14.7. The van der Waals surface area contributed by atoms with E-state index in [1.54, 1.807) is 36.4 Å². The monoisotopic (exact) mass is 462 g/mol. The summed E-state index contributed by atoms with van der Waals surface area (Å²) in [5.74, 6) is -1.24. The summed E-state index contributed by atoms with van der Waals surface area (Å²) in [6.07, 6.45) is 0.672. The lowest BCUT2D eigenvalue weighted by Crippen LogP contribution is -2.32. The number of carbonyl (C=O) groups is 2. The van der Waals surface area contributed by atoms with Gasteiger partial charge in [-0.1, -0.05) is 35.3 Å². The second kappa shape index (κ2) is 9.73. The number of methoxy groups -OCH3 is 1. The summed E-state index contributed by atoms with van der Waals surface area (Å²) >= 11 is 12.4. The summed E-state index contributed by atoms with van der Waals surface area (Å²) in [6, 6.07) is 10.9. The maximum absolute atomic E-state index is 13.0. The molecule has 1 N–H and O–H groups in total. The van der Waals surface area contributed by atoms with Crippen LogP contribution in [-0.4, -0.2) is 60.9 Å². The van der Waals surface area contributed by atoms with Crippen molar-refractivity contribution >= 4 is 40.7 Å². The zero-order valence-electron chi connectivity index (χ0n) is 17.6. The standard InChI is InChI=1S/C23H24Cl2N2O4/c1-26(2)10-5-11-27-20(14-6-4-7-16(24)12-14)19(22(29)23(27)30)21(28)15-8-9-18(31-3)17(25)13-15/h4,6-9,12-13,20,28H,5,10-11H2,1-3H3/b21-19+. The first kappa shape index (κ1) is 23.1. The van der Waals surface area contributed by atoms with Gasteiger partial charge < -0.3 is 19.6 Å². The molecule has 1 aliphatic rings. The number of halogens is 2. The molecule has 0 aliphatic carbocycles. The highest BCUT2D eigenvalue weighted by Gasteiger charge is 2.45. The fraction of sp³-hybridized carbons (Fsp3) is 0.304. The minimum absolute atomic E-state index is 0.0124. The number of likely N-dealkylation sites (tertiary alicyclic amines) is 1. The van der Waals surface area contributed by atoms with Crippen LogP contribution in [0.1, 0.15) is 23.6 Å².